The van der Waals surface area contributed by atoms with Crippen molar-refractivity contribution in [3.63, 3.8) is 0 Å². The third-order valence-corrected chi connectivity index (χ3v) is 15.2. The number of aliphatic hydroxyl groups is 1. The molecule has 0 aromatic carbocycles. The molecule has 0 spiro atoms. The standard InChI is InChI=1S/C70H125N2O6P/c1-6-8-10-12-14-16-18-20-22-24-26-28-29-30-31-32-33-34-35-36-37-38-39-40-41-42-43-44-46-48-50-52-54-56-58-60-62-64-70(74)71-68(67-78-79(75,76)77-66-65-72(3,4)5)69(73)63-61-59-57-55-53-51-49-47-45-27-25-23-21-19-17-15-13-11-9-7-2/h8,10,14,16,20,22,26,28,30-31,33-34,36-37,53,55,61,63,68-69,73H,6-7,9,11-13,15,17-19,21,23-25,27,29,32,35,38-52,54,56-60,62,64-67H2,1-5H3,(H-,71,74,75,76)/p+1/b10-8-,16-14-,22-20-,28-26-,31-30-,34-33-,37-36-,55-53+,63-61+. The lowest BCUT2D eigenvalue weighted by Gasteiger charge is -2.25. The van der Waals surface area contributed by atoms with Gasteiger partial charge in [-0.25, -0.2) is 4.57 Å². The van der Waals surface area contributed by atoms with Gasteiger partial charge in [-0.2, -0.15) is 0 Å². The van der Waals surface area contributed by atoms with Gasteiger partial charge in [0.15, 0.2) is 0 Å². The van der Waals surface area contributed by atoms with Crippen molar-refractivity contribution in [2.45, 2.75) is 289 Å². The van der Waals surface area contributed by atoms with Crippen molar-refractivity contribution in [1.29, 1.82) is 0 Å². The Balaban J connectivity index is 4.10. The first-order valence-electron chi connectivity index (χ1n) is 32.8. The number of hydrogen-bond donors (Lipinski definition) is 3. The first kappa shape index (κ1) is 76.2. The van der Waals surface area contributed by atoms with Crippen molar-refractivity contribution in [2.24, 2.45) is 0 Å². The largest absolute Gasteiger partial charge is 0.472 e. The average molecular weight is 1120 g/mol. The van der Waals surface area contributed by atoms with E-state index in [1.807, 2.05) is 27.2 Å². The monoisotopic (exact) mass is 1120 g/mol. The van der Waals surface area contributed by atoms with Crippen LogP contribution in [0, 0.1) is 0 Å². The van der Waals surface area contributed by atoms with Gasteiger partial charge in [0, 0.05) is 6.42 Å². The highest BCUT2D eigenvalue weighted by Gasteiger charge is 2.27. The van der Waals surface area contributed by atoms with Crippen molar-refractivity contribution in [1.82, 2.24) is 5.32 Å². The third-order valence-electron chi connectivity index (χ3n) is 14.2. The Morgan fingerprint density at radius 2 is 0.772 bits per heavy atom. The quantitative estimate of drug-likeness (QED) is 0.0243. The van der Waals surface area contributed by atoms with E-state index in [9.17, 15) is 19.4 Å². The molecule has 8 nitrogen and oxygen atoms in total. The molecule has 0 bridgehead atoms. The third kappa shape index (κ3) is 62.6. The van der Waals surface area contributed by atoms with Gasteiger partial charge in [-0.3, -0.25) is 13.8 Å². The van der Waals surface area contributed by atoms with Crippen LogP contribution in [0.15, 0.2) is 109 Å². The fourth-order valence-electron chi connectivity index (χ4n) is 9.16. The molecule has 1 amide bonds. The molecule has 0 aromatic rings. The van der Waals surface area contributed by atoms with Crippen molar-refractivity contribution in [3.05, 3.63) is 109 Å². The fourth-order valence-corrected chi connectivity index (χ4v) is 9.89. The number of allylic oxidation sites excluding steroid dienone is 17. The van der Waals surface area contributed by atoms with E-state index in [0.29, 0.717) is 17.4 Å². The van der Waals surface area contributed by atoms with Gasteiger partial charge >= 0.3 is 7.82 Å². The van der Waals surface area contributed by atoms with E-state index in [1.165, 1.54) is 173 Å². The molecule has 0 rings (SSSR count). The van der Waals surface area contributed by atoms with Gasteiger partial charge < -0.3 is 19.8 Å². The Morgan fingerprint density at radius 1 is 0.443 bits per heavy atom. The number of rotatable bonds is 59. The van der Waals surface area contributed by atoms with Crippen LogP contribution in [0.25, 0.3) is 0 Å². The minimum atomic E-state index is -4.36. The number of carbonyl (C=O) groups is 1. The number of carbonyl (C=O) groups excluding carboxylic acids is 1. The van der Waals surface area contributed by atoms with Gasteiger partial charge in [-0.1, -0.05) is 290 Å². The van der Waals surface area contributed by atoms with Gasteiger partial charge in [-0.05, 0) is 89.9 Å². The molecule has 0 aliphatic carbocycles. The minimum Gasteiger partial charge on any atom is -0.387 e. The Hall–Kier alpha value is -2.84. The first-order chi connectivity index (χ1) is 38.5. The molecule has 9 heteroatoms. The number of quaternary nitrogens is 1. The predicted molar refractivity (Wildman–Crippen MR) is 345 cm³/mol. The van der Waals surface area contributed by atoms with Crippen LogP contribution >= 0.6 is 7.82 Å². The topological polar surface area (TPSA) is 105 Å². The maximum Gasteiger partial charge on any atom is 0.472 e. The van der Waals surface area contributed by atoms with Gasteiger partial charge in [0.05, 0.1) is 39.9 Å². The molecule has 0 aliphatic rings. The number of aliphatic hydroxyl groups excluding tert-OH is 1. The molecule has 3 N–H and O–H groups in total. The lowest BCUT2D eigenvalue weighted by atomic mass is 10.0. The summed E-state index contributed by atoms with van der Waals surface area (Å²) in [6.45, 7) is 4.70. The van der Waals surface area contributed by atoms with Crippen LogP contribution in [-0.2, 0) is 18.4 Å². The zero-order chi connectivity index (χ0) is 57.7. The van der Waals surface area contributed by atoms with Crippen LogP contribution in [0.4, 0.5) is 0 Å². The van der Waals surface area contributed by atoms with E-state index in [2.05, 4.69) is 116 Å². The van der Waals surface area contributed by atoms with E-state index in [4.69, 9.17) is 9.05 Å². The minimum absolute atomic E-state index is 0.0529. The summed E-state index contributed by atoms with van der Waals surface area (Å²) < 4.78 is 23.7. The van der Waals surface area contributed by atoms with Crippen molar-refractivity contribution in [2.75, 3.05) is 40.9 Å². The molecular formula is C70H126N2O6P+. The van der Waals surface area contributed by atoms with Crippen LogP contribution in [0.3, 0.4) is 0 Å². The van der Waals surface area contributed by atoms with Crippen LogP contribution in [0.2, 0.25) is 0 Å². The van der Waals surface area contributed by atoms with Gasteiger partial charge in [0.25, 0.3) is 0 Å². The Kier molecular flexibility index (Phi) is 57.6. The molecule has 0 aromatic heterocycles. The SMILES string of the molecule is CC/C=C\C/C=C\C/C=C\C/C=C\C/C=C\C/C=C\C/C=C\CCCCCCCCCCCCCCCCCC(=O)NC(COP(=O)(O)OCC[N+](C)(C)C)C(O)/C=C/CC/C=C/CCCCCCCCCCCCCCCC. The second-order valence-electron chi connectivity index (χ2n) is 23.1. The molecule has 0 saturated heterocycles. The number of amides is 1. The number of nitrogens with zero attached hydrogens (tertiary/aromatic N) is 1. The molecule has 3 unspecified atom stereocenters. The summed E-state index contributed by atoms with van der Waals surface area (Å²) in [4.78, 5) is 23.4. The Morgan fingerprint density at radius 3 is 1.16 bits per heavy atom. The molecular weight excluding hydrogens is 996 g/mol. The molecule has 456 valence electrons. The average Bonchev–Trinajstić information content (AvgIpc) is 3.42. The lowest BCUT2D eigenvalue weighted by molar-refractivity contribution is -0.870. The fraction of sp³-hybridized carbons (Fsp3) is 0.729. The summed E-state index contributed by atoms with van der Waals surface area (Å²) in [6.07, 6.45) is 87.9. The highest BCUT2D eigenvalue weighted by Crippen LogP contribution is 2.43. The summed E-state index contributed by atoms with van der Waals surface area (Å²) in [5.74, 6) is -0.188. The van der Waals surface area contributed by atoms with E-state index in [1.54, 1.807) is 6.08 Å². The number of phosphoric acid groups is 1. The molecule has 79 heavy (non-hydrogen) atoms. The van der Waals surface area contributed by atoms with Gasteiger partial charge in [0.1, 0.15) is 13.2 Å². The Bertz CT molecular complexity index is 1650. The smallest absolute Gasteiger partial charge is 0.387 e. The highest BCUT2D eigenvalue weighted by atomic mass is 31.2. The molecule has 0 heterocycles. The van der Waals surface area contributed by atoms with Crippen molar-refractivity contribution in [3.8, 4) is 0 Å². The molecule has 0 fully saturated rings. The molecule has 3 atom stereocenters. The van der Waals surface area contributed by atoms with Crippen LogP contribution in [0.5, 0.6) is 0 Å². The van der Waals surface area contributed by atoms with Gasteiger partial charge in [0.2, 0.25) is 5.91 Å². The van der Waals surface area contributed by atoms with Crippen molar-refractivity contribution >= 4 is 13.7 Å². The predicted octanol–water partition coefficient (Wildman–Crippen LogP) is 20.7. The number of likely N-dealkylation sites (N-methyl/N-ethyl adjacent to an activating group) is 1. The summed E-state index contributed by atoms with van der Waals surface area (Å²) in [7, 11) is 1.55. The van der Waals surface area contributed by atoms with E-state index < -0.39 is 20.0 Å². The van der Waals surface area contributed by atoms with Crippen molar-refractivity contribution < 1.29 is 32.9 Å². The number of unbranched alkanes of at least 4 members (excludes halogenated alkanes) is 30. The molecule has 0 radical (unpaired) electrons. The number of nitrogens with one attached hydrogen (secondary N) is 1. The van der Waals surface area contributed by atoms with E-state index in [-0.39, 0.29) is 19.1 Å². The van der Waals surface area contributed by atoms with Crippen LogP contribution < -0.4 is 5.32 Å². The highest BCUT2D eigenvalue weighted by molar-refractivity contribution is 7.47. The Labute approximate surface area is 489 Å². The summed E-state index contributed by atoms with van der Waals surface area (Å²) in [6, 6.07) is -0.870. The normalized spacial score (nSPS) is 14.5. The van der Waals surface area contributed by atoms with E-state index >= 15 is 0 Å². The summed E-state index contributed by atoms with van der Waals surface area (Å²) in [5.41, 5.74) is 0. The second-order valence-corrected chi connectivity index (χ2v) is 24.6. The zero-order valence-electron chi connectivity index (χ0n) is 52.1. The lowest BCUT2D eigenvalue weighted by Crippen LogP contribution is -2.45. The van der Waals surface area contributed by atoms with E-state index in [0.717, 1.165) is 83.5 Å². The second kappa shape index (κ2) is 59.8. The zero-order valence-corrected chi connectivity index (χ0v) is 53.0. The van der Waals surface area contributed by atoms with Crippen LogP contribution in [0.1, 0.15) is 277 Å². The molecule has 0 saturated carbocycles. The maximum atomic E-state index is 13.0. The number of hydrogen-bond acceptors (Lipinski definition) is 5. The van der Waals surface area contributed by atoms with Crippen LogP contribution in [-0.4, -0.2) is 73.4 Å². The number of phosphoric ester groups is 1. The van der Waals surface area contributed by atoms with Gasteiger partial charge in [-0.15, -0.1) is 0 Å². The first-order valence-corrected chi connectivity index (χ1v) is 34.3. The summed E-state index contributed by atoms with van der Waals surface area (Å²) in [5, 5.41) is 14.0. The molecule has 0 aliphatic heterocycles. The summed E-state index contributed by atoms with van der Waals surface area (Å²) >= 11 is 0. The maximum absolute atomic E-state index is 13.0.